The molecule has 1 atom stereocenters. The van der Waals surface area contributed by atoms with Gasteiger partial charge in [0.15, 0.2) is 0 Å². The molecule has 1 unspecified atom stereocenters. The van der Waals surface area contributed by atoms with E-state index in [0.29, 0.717) is 6.54 Å². The van der Waals surface area contributed by atoms with Crippen LogP contribution in [-0.4, -0.2) is 39.4 Å². The van der Waals surface area contributed by atoms with Crippen molar-refractivity contribution < 1.29 is 9.90 Å². The first-order valence-corrected chi connectivity index (χ1v) is 7.18. The van der Waals surface area contributed by atoms with Crippen LogP contribution in [0.3, 0.4) is 0 Å². The molecule has 92 valence electrons. The van der Waals surface area contributed by atoms with Gasteiger partial charge in [0.2, 0.25) is 5.91 Å². The van der Waals surface area contributed by atoms with Crippen LogP contribution >= 0.6 is 15.9 Å². The molecule has 0 radical (unpaired) electrons. The van der Waals surface area contributed by atoms with E-state index < -0.39 is 5.60 Å². The Balaban J connectivity index is 1.94. The number of likely N-dealkylation sites (tertiary alicyclic amines) is 1. The largest absolute Gasteiger partial charge is 0.388 e. The van der Waals surface area contributed by atoms with Crippen LogP contribution in [0.1, 0.15) is 44.9 Å². The van der Waals surface area contributed by atoms with E-state index in [1.54, 1.807) is 0 Å². The first-order chi connectivity index (χ1) is 7.61. The molecule has 1 aliphatic heterocycles. The average molecular weight is 290 g/mol. The molecule has 0 aromatic rings. The van der Waals surface area contributed by atoms with Crippen LogP contribution < -0.4 is 0 Å². The third-order valence-electron chi connectivity index (χ3n) is 3.75. The lowest BCUT2D eigenvalue weighted by molar-refractivity contribution is -0.130. The van der Waals surface area contributed by atoms with Crippen LogP contribution in [0.25, 0.3) is 0 Å². The molecule has 1 amide bonds. The minimum absolute atomic E-state index is 0.0260. The van der Waals surface area contributed by atoms with Gasteiger partial charge < -0.3 is 10.0 Å². The van der Waals surface area contributed by atoms with Crippen LogP contribution in [0.5, 0.6) is 0 Å². The van der Waals surface area contributed by atoms with E-state index in [9.17, 15) is 9.90 Å². The summed E-state index contributed by atoms with van der Waals surface area (Å²) in [5.74, 6) is 0.151. The van der Waals surface area contributed by atoms with Crippen molar-refractivity contribution in [1.29, 1.82) is 0 Å². The smallest absolute Gasteiger partial charge is 0.236 e. The molecule has 3 nitrogen and oxygen atoms in total. The molecule has 0 aromatic heterocycles. The number of β-amino-alcohol motifs (C(OH)–C–C–N with tert-alkyl or cyclic N) is 1. The van der Waals surface area contributed by atoms with Crippen LogP contribution in [-0.2, 0) is 4.79 Å². The number of rotatable bonds is 2. The van der Waals surface area contributed by atoms with Crippen LogP contribution in [0.4, 0.5) is 0 Å². The number of hydrogen-bond acceptors (Lipinski definition) is 2. The van der Waals surface area contributed by atoms with Gasteiger partial charge in [-0.15, -0.1) is 0 Å². The zero-order chi connectivity index (χ0) is 11.6. The van der Waals surface area contributed by atoms with Gasteiger partial charge in [0.1, 0.15) is 0 Å². The summed E-state index contributed by atoms with van der Waals surface area (Å²) >= 11 is 3.37. The molecule has 0 bridgehead atoms. The second-order valence-electron chi connectivity index (χ2n) is 5.15. The third kappa shape index (κ3) is 2.77. The predicted molar refractivity (Wildman–Crippen MR) is 66.6 cm³/mol. The van der Waals surface area contributed by atoms with E-state index in [4.69, 9.17) is 0 Å². The Morgan fingerprint density at radius 1 is 1.31 bits per heavy atom. The van der Waals surface area contributed by atoms with E-state index in [1.165, 1.54) is 12.8 Å². The Hall–Kier alpha value is -0.0900. The van der Waals surface area contributed by atoms with Gasteiger partial charge in [-0.3, -0.25) is 4.79 Å². The third-order valence-corrected chi connectivity index (χ3v) is 4.60. The Morgan fingerprint density at radius 2 is 1.94 bits per heavy atom. The Labute approximate surface area is 105 Å². The lowest BCUT2D eigenvalue weighted by Gasteiger charge is -2.31. The standard InChI is InChI=1S/C12H20BrNO2/c13-10-5-8-14(11(10)15)9-12(16)6-3-1-2-4-7-12/h10,16H,1-9H2. The molecular formula is C12H20BrNO2. The number of aliphatic hydroxyl groups is 1. The quantitative estimate of drug-likeness (QED) is 0.625. The average Bonchev–Trinajstić information content (AvgIpc) is 2.47. The topological polar surface area (TPSA) is 40.5 Å². The Morgan fingerprint density at radius 3 is 2.44 bits per heavy atom. The van der Waals surface area contributed by atoms with Crippen LogP contribution in [0, 0.1) is 0 Å². The first kappa shape index (κ1) is 12.4. The van der Waals surface area contributed by atoms with Crippen LogP contribution in [0.15, 0.2) is 0 Å². The molecule has 2 fully saturated rings. The summed E-state index contributed by atoms with van der Waals surface area (Å²) in [4.78, 5) is 13.6. The summed E-state index contributed by atoms with van der Waals surface area (Å²) in [6, 6.07) is 0. The lowest BCUT2D eigenvalue weighted by Crippen LogP contribution is -2.44. The zero-order valence-corrected chi connectivity index (χ0v) is 11.2. The number of nitrogens with zero attached hydrogens (tertiary/aromatic N) is 1. The highest BCUT2D eigenvalue weighted by atomic mass is 79.9. The second kappa shape index (κ2) is 5.05. The molecule has 1 saturated carbocycles. The van der Waals surface area contributed by atoms with Gasteiger partial charge in [-0.05, 0) is 19.3 Å². The van der Waals surface area contributed by atoms with Crippen LogP contribution in [0.2, 0.25) is 0 Å². The number of alkyl halides is 1. The van der Waals surface area contributed by atoms with E-state index in [-0.39, 0.29) is 10.7 Å². The minimum atomic E-state index is -0.622. The maximum Gasteiger partial charge on any atom is 0.236 e. The van der Waals surface area contributed by atoms with Crippen molar-refractivity contribution >= 4 is 21.8 Å². The summed E-state index contributed by atoms with van der Waals surface area (Å²) in [5.41, 5.74) is -0.622. The van der Waals surface area contributed by atoms with Crippen molar-refractivity contribution in [1.82, 2.24) is 4.90 Å². The van der Waals surface area contributed by atoms with Crippen molar-refractivity contribution in [2.45, 2.75) is 55.4 Å². The Kier molecular flexibility index (Phi) is 3.90. The number of carbonyl (C=O) groups excluding carboxylic acids is 1. The summed E-state index contributed by atoms with van der Waals surface area (Å²) < 4.78 is 0. The van der Waals surface area contributed by atoms with Crippen molar-refractivity contribution in [2.24, 2.45) is 0 Å². The van der Waals surface area contributed by atoms with Gasteiger partial charge >= 0.3 is 0 Å². The fourth-order valence-electron chi connectivity index (χ4n) is 2.76. The molecule has 1 saturated heterocycles. The number of hydrogen-bond donors (Lipinski definition) is 1. The first-order valence-electron chi connectivity index (χ1n) is 6.26. The van der Waals surface area contributed by atoms with Gasteiger partial charge in [-0.1, -0.05) is 41.6 Å². The molecule has 16 heavy (non-hydrogen) atoms. The van der Waals surface area contributed by atoms with E-state index in [2.05, 4.69) is 15.9 Å². The molecule has 4 heteroatoms. The van der Waals surface area contributed by atoms with Gasteiger partial charge in [0.05, 0.1) is 10.4 Å². The van der Waals surface area contributed by atoms with Crippen molar-refractivity contribution in [2.75, 3.05) is 13.1 Å². The Bertz CT molecular complexity index is 262. The minimum Gasteiger partial charge on any atom is -0.388 e. The summed E-state index contributed by atoms with van der Waals surface area (Å²) in [6.45, 7) is 1.32. The number of amides is 1. The lowest BCUT2D eigenvalue weighted by atomic mass is 9.94. The molecule has 2 rings (SSSR count). The maximum absolute atomic E-state index is 11.8. The fourth-order valence-corrected chi connectivity index (χ4v) is 3.25. The molecule has 0 aromatic carbocycles. The second-order valence-corrected chi connectivity index (χ2v) is 6.26. The molecule has 1 aliphatic carbocycles. The summed E-state index contributed by atoms with van der Waals surface area (Å²) in [6.07, 6.45) is 7.20. The van der Waals surface area contributed by atoms with Crippen molar-refractivity contribution in [3.63, 3.8) is 0 Å². The van der Waals surface area contributed by atoms with E-state index in [1.807, 2.05) is 4.90 Å². The van der Waals surface area contributed by atoms with Gasteiger partial charge in [-0.25, -0.2) is 0 Å². The van der Waals surface area contributed by atoms with E-state index >= 15 is 0 Å². The highest BCUT2D eigenvalue weighted by molar-refractivity contribution is 9.10. The molecule has 2 aliphatic rings. The molecule has 1 N–H and O–H groups in total. The van der Waals surface area contributed by atoms with Crippen molar-refractivity contribution in [3.8, 4) is 0 Å². The monoisotopic (exact) mass is 289 g/mol. The summed E-state index contributed by atoms with van der Waals surface area (Å²) in [7, 11) is 0. The number of carbonyl (C=O) groups is 1. The maximum atomic E-state index is 11.8. The van der Waals surface area contributed by atoms with Gasteiger partial charge in [-0.2, -0.15) is 0 Å². The highest BCUT2D eigenvalue weighted by Gasteiger charge is 2.36. The molecule has 0 spiro atoms. The SMILES string of the molecule is O=C1C(Br)CCN1CC1(O)CCCCCC1. The highest BCUT2D eigenvalue weighted by Crippen LogP contribution is 2.30. The normalized spacial score (nSPS) is 30.5. The fraction of sp³-hybridized carbons (Fsp3) is 0.917. The van der Waals surface area contributed by atoms with E-state index in [0.717, 1.165) is 38.6 Å². The van der Waals surface area contributed by atoms with Gasteiger partial charge in [0, 0.05) is 13.1 Å². The molecule has 1 heterocycles. The zero-order valence-electron chi connectivity index (χ0n) is 9.62. The molecular weight excluding hydrogens is 270 g/mol. The number of halogens is 1. The summed E-state index contributed by atoms with van der Waals surface area (Å²) in [5, 5.41) is 10.5. The predicted octanol–water partition coefficient (Wildman–Crippen LogP) is 2.07. The van der Waals surface area contributed by atoms with Crippen molar-refractivity contribution in [3.05, 3.63) is 0 Å². The van der Waals surface area contributed by atoms with Gasteiger partial charge in [0.25, 0.3) is 0 Å².